The number of halogens is 1. The first-order chi connectivity index (χ1) is 14.3. The van der Waals surface area contributed by atoms with Gasteiger partial charge >= 0.3 is 0 Å². The highest BCUT2D eigenvalue weighted by Crippen LogP contribution is 2.13. The van der Waals surface area contributed by atoms with E-state index in [1.807, 2.05) is 40.9 Å². The predicted molar refractivity (Wildman–Crippen MR) is 132 cm³/mol. The fourth-order valence-corrected chi connectivity index (χ4v) is 3.19. The van der Waals surface area contributed by atoms with Gasteiger partial charge in [-0.25, -0.2) is 0 Å². The number of pyridine rings is 1. The van der Waals surface area contributed by atoms with E-state index in [0.717, 1.165) is 68.4 Å². The summed E-state index contributed by atoms with van der Waals surface area (Å²) >= 11 is 0. The van der Waals surface area contributed by atoms with Gasteiger partial charge in [0.05, 0.1) is 7.11 Å². The number of methoxy groups -OCH3 is 1. The normalized spacial score (nSPS) is 11.2. The molecule has 2 N–H and O–H groups in total. The average Bonchev–Trinajstić information content (AvgIpc) is 3.18. The van der Waals surface area contributed by atoms with E-state index in [9.17, 15) is 0 Å². The van der Waals surface area contributed by atoms with Crippen molar-refractivity contribution >= 4 is 35.6 Å². The topological polar surface area (TPSA) is 75.8 Å². The van der Waals surface area contributed by atoms with Gasteiger partial charge in [-0.2, -0.15) is 0 Å². The molecule has 0 atom stereocenters. The molecule has 0 radical (unpaired) electrons. The molecule has 0 aliphatic rings. The lowest BCUT2D eigenvalue weighted by Gasteiger charge is -2.11. The summed E-state index contributed by atoms with van der Waals surface area (Å²) < 4.78 is 7.23. The summed E-state index contributed by atoms with van der Waals surface area (Å²) in [4.78, 5) is 4.29. The number of aryl methyl sites for hydroxylation is 2. The Balaban J connectivity index is 0.00000320. The molecule has 1 aromatic carbocycles. The number of nitrogens with zero attached hydrogens (tertiary/aromatic N) is 4. The molecule has 0 aliphatic heterocycles. The van der Waals surface area contributed by atoms with E-state index < -0.39 is 0 Å². The summed E-state index contributed by atoms with van der Waals surface area (Å²) in [7, 11) is 3.50. The molecular formula is C22H31IN6O. The maximum atomic E-state index is 5.19. The van der Waals surface area contributed by atoms with Crippen molar-refractivity contribution in [2.24, 2.45) is 4.99 Å². The van der Waals surface area contributed by atoms with Crippen molar-refractivity contribution in [3.05, 3.63) is 60.0 Å². The predicted octanol–water partition coefficient (Wildman–Crippen LogP) is 3.48. The van der Waals surface area contributed by atoms with Gasteiger partial charge in [0.1, 0.15) is 11.6 Å². The molecule has 0 amide bonds. The fourth-order valence-electron chi connectivity index (χ4n) is 3.19. The number of nitrogens with one attached hydrogen (secondary N) is 2. The van der Waals surface area contributed by atoms with Gasteiger partial charge in [0.15, 0.2) is 11.6 Å². The Morgan fingerprint density at radius 3 is 2.47 bits per heavy atom. The summed E-state index contributed by atoms with van der Waals surface area (Å²) in [5.74, 6) is 2.74. The number of aliphatic imine (C=N–C) groups is 1. The summed E-state index contributed by atoms with van der Waals surface area (Å²) in [5.41, 5.74) is 2.23. The summed E-state index contributed by atoms with van der Waals surface area (Å²) in [6.45, 7) is 1.75. The van der Waals surface area contributed by atoms with E-state index in [-0.39, 0.29) is 24.0 Å². The number of rotatable bonds is 10. The highest BCUT2D eigenvalue weighted by Gasteiger charge is 2.04. The van der Waals surface area contributed by atoms with Crippen LogP contribution in [-0.2, 0) is 12.8 Å². The second-order valence-corrected chi connectivity index (χ2v) is 6.88. The molecule has 162 valence electrons. The highest BCUT2D eigenvalue weighted by molar-refractivity contribution is 14.0. The van der Waals surface area contributed by atoms with Crippen LogP contribution in [0.25, 0.3) is 5.65 Å². The molecule has 30 heavy (non-hydrogen) atoms. The number of fused-ring (bicyclic) bond motifs is 1. The monoisotopic (exact) mass is 522 g/mol. The first-order valence-corrected chi connectivity index (χ1v) is 10.2. The van der Waals surface area contributed by atoms with Crippen molar-refractivity contribution in [1.82, 2.24) is 25.2 Å². The second-order valence-electron chi connectivity index (χ2n) is 6.88. The van der Waals surface area contributed by atoms with Crippen molar-refractivity contribution in [3.8, 4) is 5.75 Å². The Bertz CT molecular complexity index is 909. The van der Waals surface area contributed by atoms with Crippen LogP contribution in [0.3, 0.4) is 0 Å². The molecule has 8 heteroatoms. The van der Waals surface area contributed by atoms with Crippen molar-refractivity contribution in [2.75, 3.05) is 27.2 Å². The van der Waals surface area contributed by atoms with Gasteiger partial charge in [0, 0.05) is 32.8 Å². The van der Waals surface area contributed by atoms with E-state index in [2.05, 4.69) is 38.0 Å². The van der Waals surface area contributed by atoms with E-state index in [0.29, 0.717) is 0 Å². The molecule has 3 aromatic rings. The van der Waals surface area contributed by atoms with Gasteiger partial charge in [-0.15, -0.1) is 34.2 Å². The third-order valence-corrected chi connectivity index (χ3v) is 4.82. The van der Waals surface area contributed by atoms with Gasteiger partial charge in [-0.05, 0) is 55.5 Å². The lowest BCUT2D eigenvalue weighted by Crippen LogP contribution is -2.38. The van der Waals surface area contributed by atoms with E-state index >= 15 is 0 Å². The number of hydrogen-bond donors (Lipinski definition) is 2. The van der Waals surface area contributed by atoms with Crippen LogP contribution in [0.1, 0.15) is 30.7 Å². The third kappa shape index (κ3) is 7.16. The second kappa shape index (κ2) is 13.0. The largest absolute Gasteiger partial charge is 0.497 e. The standard InChI is InChI=1S/C22H30N6O.HI/c1-23-22(24-15-5-3-8-18-11-13-19(29-2)14-12-18)25-16-7-10-21-27-26-20-9-4-6-17-28(20)21;/h4,6,9,11-14,17H,3,5,7-8,10,15-16H2,1-2H3,(H2,23,24,25);1H. The van der Waals surface area contributed by atoms with Crippen LogP contribution >= 0.6 is 24.0 Å². The Hall–Kier alpha value is -2.36. The van der Waals surface area contributed by atoms with Crippen molar-refractivity contribution < 1.29 is 4.74 Å². The molecule has 0 aliphatic carbocycles. The number of guanidine groups is 1. The van der Waals surface area contributed by atoms with Crippen molar-refractivity contribution in [2.45, 2.75) is 32.1 Å². The maximum Gasteiger partial charge on any atom is 0.190 e. The molecule has 3 rings (SSSR count). The number of aromatic nitrogens is 3. The van der Waals surface area contributed by atoms with Gasteiger partial charge in [-0.1, -0.05) is 18.2 Å². The summed E-state index contributed by atoms with van der Waals surface area (Å²) in [6, 6.07) is 14.2. The van der Waals surface area contributed by atoms with Crippen LogP contribution < -0.4 is 15.4 Å². The highest BCUT2D eigenvalue weighted by atomic mass is 127. The van der Waals surface area contributed by atoms with Crippen LogP contribution in [0.5, 0.6) is 5.75 Å². The zero-order valence-corrected chi connectivity index (χ0v) is 20.0. The van der Waals surface area contributed by atoms with Gasteiger partial charge in [-0.3, -0.25) is 9.39 Å². The molecule has 0 bridgehead atoms. The minimum Gasteiger partial charge on any atom is -0.497 e. The van der Waals surface area contributed by atoms with Gasteiger partial charge < -0.3 is 15.4 Å². The van der Waals surface area contributed by atoms with E-state index in [1.54, 1.807) is 14.2 Å². The Kier molecular flexibility index (Phi) is 10.4. The number of hydrogen-bond acceptors (Lipinski definition) is 4. The zero-order valence-electron chi connectivity index (χ0n) is 17.7. The molecule has 2 heterocycles. The van der Waals surface area contributed by atoms with Crippen LogP contribution in [0.15, 0.2) is 53.7 Å². The van der Waals surface area contributed by atoms with Crippen LogP contribution in [0.4, 0.5) is 0 Å². The smallest absolute Gasteiger partial charge is 0.190 e. The molecular weight excluding hydrogens is 491 g/mol. The Labute approximate surface area is 195 Å². The first kappa shape index (κ1) is 23.9. The molecule has 0 spiro atoms. The number of ether oxygens (including phenoxy) is 1. The quantitative estimate of drug-likeness (QED) is 0.185. The third-order valence-electron chi connectivity index (χ3n) is 4.82. The SMILES string of the molecule is CN=C(NCCCCc1ccc(OC)cc1)NCCCc1nnc2ccccn12.I. The molecule has 0 saturated heterocycles. The molecule has 0 saturated carbocycles. The van der Waals surface area contributed by atoms with E-state index in [4.69, 9.17) is 4.74 Å². The summed E-state index contributed by atoms with van der Waals surface area (Å²) in [5, 5.41) is 15.2. The minimum absolute atomic E-state index is 0. The van der Waals surface area contributed by atoms with Crippen molar-refractivity contribution in [1.29, 1.82) is 0 Å². The van der Waals surface area contributed by atoms with Crippen LogP contribution in [0.2, 0.25) is 0 Å². The average molecular weight is 522 g/mol. The van der Waals surface area contributed by atoms with Crippen LogP contribution in [-0.4, -0.2) is 47.8 Å². The zero-order chi connectivity index (χ0) is 20.3. The van der Waals surface area contributed by atoms with E-state index in [1.165, 1.54) is 5.56 Å². The van der Waals surface area contributed by atoms with Crippen LogP contribution in [0, 0.1) is 0 Å². The lowest BCUT2D eigenvalue weighted by atomic mass is 10.1. The molecule has 2 aromatic heterocycles. The first-order valence-electron chi connectivity index (χ1n) is 10.2. The number of unbranched alkanes of at least 4 members (excludes halogenated alkanes) is 1. The maximum absolute atomic E-state index is 5.19. The minimum atomic E-state index is 0. The molecule has 0 fully saturated rings. The molecule has 7 nitrogen and oxygen atoms in total. The van der Waals surface area contributed by atoms with Crippen molar-refractivity contribution in [3.63, 3.8) is 0 Å². The Morgan fingerprint density at radius 2 is 1.73 bits per heavy atom. The van der Waals surface area contributed by atoms with Gasteiger partial charge in [0.2, 0.25) is 0 Å². The molecule has 0 unspecified atom stereocenters. The lowest BCUT2D eigenvalue weighted by molar-refractivity contribution is 0.414. The van der Waals surface area contributed by atoms with Gasteiger partial charge in [0.25, 0.3) is 0 Å². The number of benzene rings is 1. The Morgan fingerprint density at radius 1 is 0.967 bits per heavy atom. The summed E-state index contributed by atoms with van der Waals surface area (Å²) in [6.07, 6.45) is 7.15. The fraction of sp³-hybridized carbons (Fsp3) is 0.409.